The number of H-pyrrole nitrogens is 1. The monoisotopic (exact) mass is 296 g/mol. The van der Waals surface area contributed by atoms with Gasteiger partial charge in [0, 0.05) is 32.6 Å². The molecule has 1 aliphatic heterocycles. The van der Waals surface area contributed by atoms with Crippen molar-refractivity contribution in [2.75, 3.05) is 38.7 Å². The highest BCUT2D eigenvalue weighted by atomic mass is 32.2. The van der Waals surface area contributed by atoms with Crippen LogP contribution >= 0.6 is 11.8 Å². The van der Waals surface area contributed by atoms with Crippen LogP contribution in [0.2, 0.25) is 0 Å². The van der Waals surface area contributed by atoms with Crippen LogP contribution in [0.15, 0.2) is 11.3 Å². The Hall–Kier alpha value is -1.24. The van der Waals surface area contributed by atoms with Crippen LogP contribution in [0.5, 0.6) is 0 Å². The number of hydrogen-bond donors (Lipinski definition) is 2. The molecule has 0 amide bonds. The average molecular weight is 296 g/mol. The number of rotatable bonds is 5. The van der Waals surface area contributed by atoms with Crippen LogP contribution < -0.4 is 5.32 Å². The molecule has 1 aromatic heterocycles. The molecule has 2 rings (SSSR count). The molecular formula is C13H24N6S. The fourth-order valence-electron chi connectivity index (χ4n) is 2.53. The van der Waals surface area contributed by atoms with E-state index in [1.54, 1.807) is 6.33 Å². The summed E-state index contributed by atoms with van der Waals surface area (Å²) < 4.78 is 0. The van der Waals surface area contributed by atoms with Crippen LogP contribution in [0, 0.1) is 0 Å². The molecule has 1 aliphatic rings. The zero-order valence-corrected chi connectivity index (χ0v) is 13.1. The predicted octanol–water partition coefficient (Wildman–Crippen LogP) is 1.31. The molecule has 2 N–H and O–H groups in total. The first-order chi connectivity index (χ1) is 9.85. The van der Waals surface area contributed by atoms with E-state index in [9.17, 15) is 0 Å². The number of thioether (sulfide) groups is 1. The summed E-state index contributed by atoms with van der Waals surface area (Å²) in [6.45, 7) is 3.04. The first-order valence-corrected chi connectivity index (χ1v) is 8.54. The van der Waals surface area contributed by atoms with E-state index in [1.165, 1.54) is 12.2 Å². The maximum Gasteiger partial charge on any atom is 0.193 e. The van der Waals surface area contributed by atoms with E-state index < -0.39 is 0 Å². The second-order valence-corrected chi connectivity index (χ2v) is 5.94. The van der Waals surface area contributed by atoms with Gasteiger partial charge < -0.3 is 10.2 Å². The van der Waals surface area contributed by atoms with Gasteiger partial charge in [0.25, 0.3) is 0 Å². The lowest BCUT2D eigenvalue weighted by atomic mass is 9.96. The van der Waals surface area contributed by atoms with E-state index >= 15 is 0 Å². The van der Waals surface area contributed by atoms with Crippen molar-refractivity contribution in [3.05, 3.63) is 12.2 Å². The first kappa shape index (κ1) is 15.2. The molecule has 1 saturated heterocycles. The maximum absolute atomic E-state index is 4.39. The summed E-state index contributed by atoms with van der Waals surface area (Å²) in [4.78, 5) is 11.0. The third-order valence-corrected chi connectivity index (χ3v) is 4.33. The molecule has 0 aromatic carbocycles. The number of hydrogen-bond acceptors (Lipinski definition) is 4. The Bertz CT molecular complexity index is 397. The molecule has 20 heavy (non-hydrogen) atoms. The maximum atomic E-state index is 4.39. The Morgan fingerprint density at radius 2 is 2.35 bits per heavy atom. The standard InChI is InChI=1S/C13H24N6S/c1-14-13(15-6-3-9-20-2)19-7-4-11(5-8-19)12-16-10-17-18-12/h10-11H,3-9H2,1-2H3,(H,14,15)(H,16,17,18). The van der Waals surface area contributed by atoms with Crippen molar-refractivity contribution >= 4 is 17.7 Å². The van der Waals surface area contributed by atoms with Crippen molar-refractivity contribution in [3.8, 4) is 0 Å². The zero-order valence-electron chi connectivity index (χ0n) is 12.3. The van der Waals surface area contributed by atoms with Gasteiger partial charge in [0.2, 0.25) is 0 Å². The summed E-state index contributed by atoms with van der Waals surface area (Å²) in [5, 5.41) is 10.4. The molecule has 7 heteroatoms. The molecule has 0 saturated carbocycles. The van der Waals surface area contributed by atoms with Crippen LogP contribution in [0.3, 0.4) is 0 Å². The molecular weight excluding hydrogens is 272 g/mol. The number of nitrogens with one attached hydrogen (secondary N) is 2. The second kappa shape index (κ2) is 8.14. The van der Waals surface area contributed by atoms with Crippen LogP contribution in [-0.4, -0.2) is 64.7 Å². The fraction of sp³-hybridized carbons (Fsp3) is 0.769. The minimum Gasteiger partial charge on any atom is -0.356 e. The van der Waals surface area contributed by atoms with Crippen molar-refractivity contribution in [2.24, 2.45) is 4.99 Å². The Morgan fingerprint density at radius 3 is 2.95 bits per heavy atom. The smallest absolute Gasteiger partial charge is 0.193 e. The lowest BCUT2D eigenvalue weighted by Crippen LogP contribution is -2.45. The van der Waals surface area contributed by atoms with Crippen LogP contribution in [-0.2, 0) is 0 Å². The Morgan fingerprint density at radius 1 is 1.55 bits per heavy atom. The van der Waals surface area contributed by atoms with Gasteiger partial charge in [0.1, 0.15) is 12.2 Å². The first-order valence-electron chi connectivity index (χ1n) is 7.15. The number of nitrogens with zero attached hydrogens (tertiary/aromatic N) is 4. The number of aromatic amines is 1. The van der Waals surface area contributed by atoms with Gasteiger partial charge in [0.05, 0.1) is 0 Å². The SMILES string of the molecule is CN=C(NCCCSC)N1CCC(c2ncn[nH]2)CC1. The molecule has 1 fully saturated rings. The van der Waals surface area contributed by atoms with Crippen LogP contribution in [0.25, 0.3) is 0 Å². The summed E-state index contributed by atoms with van der Waals surface area (Å²) in [5.74, 6) is 3.75. The normalized spacial score (nSPS) is 17.5. The van der Waals surface area contributed by atoms with Gasteiger partial charge in [-0.05, 0) is 31.3 Å². The van der Waals surface area contributed by atoms with Crippen molar-refractivity contribution in [1.82, 2.24) is 25.4 Å². The minimum atomic E-state index is 0.503. The van der Waals surface area contributed by atoms with E-state index in [0.29, 0.717) is 5.92 Å². The van der Waals surface area contributed by atoms with E-state index in [2.05, 4.69) is 36.6 Å². The van der Waals surface area contributed by atoms with Crippen LogP contribution in [0.1, 0.15) is 31.0 Å². The fourth-order valence-corrected chi connectivity index (χ4v) is 2.96. The van der Waals surface area contributed by atoms with E-state index in [0.717, 1.165) is 44.3 Å². The Balaban J connectivity index is 1.76. The largest absolute Gasteiger partial charge is 0.356 e. The molecule has 2 heterocycles. The molecule has 1 aromatic rings. The highest BCUT2D eigenvalue weighted by Gasteiger charge is 2.24. The van der Waals surface area contributed by atoms with Gasteiger partial charge in [-0.15, -0.1) is 0 Å². The Kier molecular flexibility index (Phi) is 6.17. The van der Waals surface area contributed by atoms with Crippen molar-refractivity contribution < 1.29 is 0 Å². The predicted molar refractivity (Wildman–Crippen MR) is 84.3 cm³/mol. The van der Waals surface area contributed by atoms with Crippen molar-refractivity contribution in [3.63, 3.8) is 0 Å². The summed E-state index contributed by atoms with van der Waals surface area (Å²) >= 11 is 1.89. The van der Waals surface area contributed by atoms with E-state index in [4.69, 9.17) is 0 Å². The molecule has 0 bridgehead atoms. The van der Waals surface area contributed by atoms with E-state index in [-0.39, 0.29) is 0 Å². The molecule has 0 radical (unpaired) electrons. The number of guanidine groups is 1. The lowest BCUT2D eigenvalue weighted by Gasteiger charge is -2.33. The average Bonchev–Trinajstić information content (AvgIpc) is 3.02. The number of aromatic nitrogens is 3. The van der Waals surface area contributed by atoms with Crippen molar-refractivity contribution in [1.29, 1.82) is 0 Å². The van der Waals surface area contributed by atoms with Gasteiger partial charge in [-0.25, -0.2) is 4.98 Å². The lowest BCUT2D eigenvalue weighted by molar-refractivity contribution is 0.299. The molecule has 112 valence electrons. The quantitative estimate of drug-likeness (QED) is 0.487. The highest BCUT2D eigenvalue weighted by Crippen LogP contribution is 2.24. The zero-order chi connectivity index (χ0) is 14.2. The van der Waals surface area contributed by atoms with E-state index in [1.807, 2.05) is 18.8 Å². The summed E-state index contributed by atoms with van der Waals surface area (Å²) in [5.41, 5.74) is 0. The topological polar surface area (TPSA) is 69.2 Å². The molecule has 6 nitrogen and oxygen atoms in total. The highest BCUT2D eigenvalue weighted by molar-refractivity contribution is 7.98. The third kappa shape index (κ3) is 4.13. The van der Waals surface area contributed by atoms with Gasteiger partial charge in [0.15, 0.2) is 5.96 Å². The molecule has 0 spiro atoms. The van der Waals surface area contributed by atoms with Crippen LogP contribution in [0.4, 0.5) is 0 Å². The second-order valence-electron chi connectivity index (χ2n) is 4.95. The number of piperidine rings is 1. The van der Waals surface area contributed by atoms with Gasteiger partial charge >= 0.3 is 0 Å². The molecule has 0 atom stereocenters. The molecule has 0 aliphatic carbocycles. The van der Waals surface area contributed by atoms with Gasteiger partial charge in [-0.2, -0.15) is 16.9 Å². The van der Waals surface area contributed by atoms with Gasteiger partial charge in [-0.1, -0.05) is 0 Å². The van der Waals surface area contributed by atoms with Gasteiger partial charge in [-0.3, -0.25) is 10.1 Å². The third-order valence-electron chi connectivity index (χ3n) is 3.64. The number of likely N-dealkylation sites (tertiary alicyclic amines) is 1. The summed E-state index contributed by atoms with van der Waals surface area (Å²) in [7, 11) is 1.86. The summed E-state index contributed by atoms with van der Waals surface area (Å²) in [6, 6.07) is 0. The summed E-state index contributed by atoms with van der Waals surface area (Å²) in [6.07, 6.45) is 7.10. The van der Waals surface area contributed by atoms with Crippen molar-refractivity contribution in [2.45, 2.75) is 25.2 Å². The minimum absolute atomic E-state index is 0.503. The molecule has 0 unspecified atom stereocenters. The number of aliphatic imine (C=N–C) groups is 1. The Labute approximate surface area is 124 Å².